The molecule has 2 N–H and O–H groups in total. The first-order valence-corrected chi connectivity index (χ1v) is 12.3. The molecule has 0 bridgehead atoms. The number of pyridine rings is 3. The number of hydrogen-bond donors (Lipinski definition) is 2. The van der Waals surface area contributed by atoms with Gasteiger partial charge in [-0.15, -0.1) is 0 Å². The van der Waals surface area contributed by atoms with Crippen LogP contribution in [-0.2, 0) is 0 Å². The van der Waals surface area contributed by atoms with Crippen LogP contribution in [0.5, 0.6) is 0 Å². The summed E-state index contributed by atoms with van der Waals surface area (Å²) in [5, 5.41) is 8.00. The summed E-state index contributed by atoms with van der Waals surface area (Å²) in [4.78, 5) is 37.7. The molecule has 0 atom stereocenters. The number of amides is 1. The average Bonchev–Trinajstić information content (AvgIpc) is 2.88. The van der Waals surface area contributed by atoms with Gasteiger partial charge >= 0.3 is 0 Å². The second-order valence-electron chi connectivity index (χ2n) is 10.3. The van der Waals surface area contributed by atoms with Crippen LogP contribution in [0, 0.1) is 0 Å². The van der Waals surface area contributed by atoms with Gasteiger partial charge in [0.05, 0.1) is 23.8 Å². The fourth-order valence-electron chi connectivity index (χ4n) is 4.12. The molecule has 5 rings (SSSR count). The van der Waals surface area contributed by atoms with Crippen LogP contribution in [-0.4, -0.2) is 61.4 Å². The molecule has 0 saturated carbocycles. The highest BCUT2D eigenvalue weighted by molar-refractivity contribution is 6.04. The van der Waals surface area contributed by atoms with E-state index in [1.54, 1.807) is 37.1 Å². The van der Waals surface area contributed by atoms with E-state index in [4.69, 9.17) is 0 Å². The highest BCUT2D eigenvalue weighted by Gasteiger charge is 2.15. The molecule has 5 heterocycles. The maximum absolute atomic E-state index is 13.0. The lowest BCUT2D eigenvalue weighted by Crippen LogP contribution is -2.26. The molecule has 1 aliphatic rings. The van der Waals surface area contributed by atoms with Gasteiger partial charge in [0.15, 0.2) is 0 Å². The molecule has 9 nitrogen and oxygen atoms in total. The van der Waals surface area contributed by atoms with Crippen LogP contribution in [0.25, 0.3) is 27.7 Å². The minimum atomic E-state index is -0.231. The molecule has 1 aliphatic heterocycles. The molecule has 4 aromatic rings. The Kier molecular flexibility index (Phi) is 6.62. The fourth-order valence-corrected chi connectivity index (χ4v) is 4.12. The van der Waals surface area contributed by atoms with Crippen molar-refractivity contribution in [3.63, 3.8) is 0 Å². The molecule has 0 unspecified atom stereocenters. The zero-order valence-electron chi connectivity index (χ0n) is 21.5. The minimum Gasteiger partial charge on any atom is -0.364 e. The minimum absolute atomic E-state index is 0.136. The third kappa shape index (κ3) is 5.95. The molecule has 0 spiro atoms. The lowest BCUT2D eigenvalue weighted by Gasteiger charge is -2.21. The summed E-state index contributed by atoms with van der Waals surface area (Å²) in [6, 6.07) is 7.32. The molecular formula is C28H30N8O. The molecular weight excluding hydrogens is 464 g/mol. The normalized spacial score (nSPS) is 14.3. The lowest BCUT2D eigenvalue weighted by atomic mass is 10.0. The van der Waals surface area contributed by atoms with Gasteiger partial charge in [0.2, 0.25) is 0 Å². The van der Waals surface area contributed by atoms with Crippen LogP contribution in [0.15, 0.2) is 61.3 Å². The number of carbonyl (C=O) groups is 1. The maximum atomic E-state index is 13.0. The zero-order valence-corrected chi connectivity index (χ0v) is 21.5. The van der Waals surface area contributed by atoms with E-state index in [1.165, 1.54) is 5.57 Å². The topological polar surface area (TPSA) is 109 Å². The molecule has 1 amide bonds. The van der Waals surface area contributed by atoms with Crippen molar-refractivity contribution in [2.75, 3.05) is 30.8 Å². The predicted molar refractivity (Wildman–Crippen MR) is 146 cm³/mol. The number of hydrogen-bond acceptors (Lipinski definition) is 8. The van der Waals surface area contributed by atoms with E-state index in [-0.39, 0.29) is 11.4 Å². The number of nitrogens with one attached hydrogen (secondary N) is 2. The predicted octanol–water partition coefficient (Wildman–Crippen LogP) is 4.66. The number of fused-ring (bicyclic) bond motifs is 1. The van der Waals surface area contributed by atoms with Crippen LogP contribution in [0.1, 0.15) is 43.2 Å². The number of carbonyl (C=O) groups excluding carboxylic acids is 1. The lowest BCUT2D eigenvalue weighted by molar-refractivity contribution is 0.102. The Labute approximate surface area is 216 Å². The van der Waals surface area contributed by atoms with Crippen molar-refractivity contribution in [3.05, 3.63) is 72.6 Å². The number of aromatic nitrogens is 5. The van der Waals surface area contributed by atoms with Gasteiger partial charge in [-0.25, -0.2) is 9.97 Å². The number of nitrogens with zero attached hydrogens (tertiary/aromatic N) is 6. The van der Waals surface area contributed by atoms with E-state index in [0.29, 0.717) is 28.6 Å². The second-order valence-corrected chi connectivity index (χ2v) is 10.3. The van der Waals surface area contributed by atoms with E-state index < -0.39 is 0 Å². The summed E-state index contributed by atoms with van der Waals surface area (Å²) >= 11 is 0. The Morgan fingerprint density at radius 1 is 0.919 bits per heavy atom. The Bertz CT molecular complexity index is 1490. The third-order valence-electron chi connectivity index (χ3n) is 6.01. The van der Waals surface area contributed by atoms with Crippen LogP contribution >= 0.6 is 0 Å². The molecule has 0 aromatic carbocycles. The zero-order chi connectivity index (χ0) is 26.0. The van der Waals surface area contributed by atoms with Crippen molar-refractivity contribution >= 4 is 33.9 Å². The summed E-state index contributed by atoms with van der Waals surface area (Å²) in [5.74, 6) is 0.910. The third-order valence-corrected chi connectivity index (χ3v) is 6.01. The first kappa shape index (κ1) is 24.5. The first-order chi connectivity index (χ1) is 17.7. The largest absolute Gasteiger partial charge is 0.364 e. The summed E-state index contributed by atoms with van der Waals surface area (Å²) < 4.78 is 0. The summed E-state index contributed by atoms with van der Waals surface area (Å²) in [6.07, 6.45) is 11.6. The van der Waals surface area contributed by atoms with Crippen molar-refractivity contribution in [2.45, 2.75) is 32.7 Å². The van der Waals surface area contributed by atoms with Gasteiger partial charge in [-0.1, -0.05) is 6.08 Å². The van der Waals surface area contributed by atoms with Gasteiger partial charge in [0.1, 0.15) is 17.3 Å². The highest BCUT2D eigenvalue weighted by atomic mass is 16.1. The maximum Gasteiger partial charge on any atom is 0.256 e. The monoisotopic (exact) mass is 494 g/mol. The number of anilines is 2. The summed E-state index contributed by atoms with van der Waals surface area (Å²) in [5.41, 5.74) is 3.76. The van der Waals surface area contributed by atoms with Crippen LogP contribution in [0.3, 0.4) is 0 Å². The molecule has 0 radical (unpaired) electrons. The quantitative estimate of drug-likeness (QED) is 0.412. The van der Waals surface area contributed by atoms with E-state index in [1.807, 2.05) is 18.2 Å². The Hall–Kier alpha value is -4.24. The van der Waals surface area contributed by atoms with Gasteiger partial charge in [-0.05, 0) is 69.5 Å². The van der Waals surface area contributed by atoms with E-state index >= 15 is 0 Å². The smallest absolute Gasteiger partial charge is 0.256 e. The molecule has 9 heteroatoms. The van der Waals surface area contributed by atoms with Gasteiger partial charge < -0.3 is 15.5 Å². The SMILES string of the molecule is CN1CC=C(c2cc(C(=O)Nc3cc4cc(-c5cncc(NC(C)(C)C)n5)ncc4cn3)ccn2)CC1. The van der Waals surface area contributed by atoms with Crippen molar-refractivity contribution in [1.82, 2.24) is 29.8 Å². The average molecular weight is 495 g/mol. The van der Waals surface area contributed by atoms with Gasteiger partial charge in [-0.2, -0.15) is 0 Å². The van der Waals surface area contributed by atoms with E-state index in [0.717, 1.165) is 36.0 Å². The Balaban J connectivity index is 1.37. The summed E-state index contributed by atoms with van der Waals surface area (Å²) in [7, 11) is 2.09. The van der Waals surface area contributed by atoms with Crippen molar-refractivity contribution in [3.8, 4) is 11.4 Å². The first-order valence-electron chi connectivity index (χ1n) is 12.3. The number of likely N-dealkylation sites (N-methyl/N-ethyl adjacent to an activating group) is 1. The van der Waals surface area contributed by atoms with Gasteiger partial charge in [-0.3, -0.25) is 19.7 Å². The van der Waals surface area contributed by atoms with Crippen molar-refractivity contribution in [1.29, 1.82) is 0 Å². The molecule has 4 aromatic heterocycles. The standard InChI is InChI=1S/C28H30N8O/c1-28(2,3)35-26-17-29-16-24(33-26)23-12-20-13-25(32-15-21(20)14-31-23)34-27(37)19-5-8-30-22(11-19)18-6-9-36(4)10-7-18/h5-6,8,11-17H,7,9-10H2,1-4H3,(H,33,35)(H,32,34,37). The summed E-state index contributed by atoms with van der Waals surface area (Å²) in [6.45, 7) is 8.06. The van der Waals surface area contributed by atoms with Crippen LogP contribution in [0.2, 0.25) is 0 Å². The Morgan fingerprint density at radius 3 is 2.54 bits per heavy atom. The van der Waals surface area contributed by atoms with Gasteiger partial charge in [0.25, 0.3) is 5.91 Å². The van der Waals surface area contributed by atoms with E-state index in [2.05, 4.69) is 74.3 Å². The van der Waals surface area contributed by atoms with Crippen molar-refractivity contribution in [2.24, 2.45) is 0 Å². The van der Waals surface area contributed by atoms with Crippen molar-refractivity contribution < 1.29 is 4.79 Å². The van der Waals surface area contributed by atoms with Gasteiger partial charge in [0, 0.05) is 48.2 Å². The molecule has 0 aliphatic carbocycles. The molecule has 37 heavy (non-hydrogen) atoms. The highest BCUT2D eigenvalue weighted by Crippen LogP contribution is 2.24. The molecule has 0 saturated heterocycles. The molecule has 188 valence electrons. The molecule has 0 fully saturated rings. The van der Waals surface area contributed by atoms with Crippen LogP contribution < -0.4 is 10.6 Å². The van der Waals surface area contributed by atoms with Crippen LogP contribution in [0.4, 0.5) is 11.6 Å². The second kappa shape index (κ2) is 10.0. The number of rotatable bonds is 5. The van der Waals surface area contributed by atoms with E-state index in [9.17, 15) is 4.79 Å². The Morgan fingerprint density at radius 2 is 1.76 bits per heavy atom. The fraction of sp³-hybridized carbons (Fsp3) is 0.286.